The minimum atomic E-state index is 0.496. The summed E-state index contributed by atoms with van der Waals surface area (Å²) in [5.74, 6) is 1.04. The van der Waals surface area contributed by atoms with Gasteiger partial charge in [-0.25, -0.2) is 9.50 Å². The van der Waals surface area contributed by atoms with E-state index in [4.69, 9.17) is 4.98 Å². The first-order valence-electron chi connectivity index (χ1n) is 7.69. The van der Waals surface area contributed by atoms with Crippen molar-refractivity contribution in [3.63, 3.8) is 0 Å². The monoisotopic (exact) mass is 293 g/mol. The second kappa shape index (κ2) is 5.42. The Labute approximate surface area is 129 Å². The van der Waals surface area contributed by atoms with E-state index in [2.05, 4.69) is 46.5 Å². The molecule has 1 unspecified atom stereocenters. The number of rotatable bonds is 2. The summed E-state index contributed by atoms with van der Waals surface area (Å²) in [5.41, 5.74) is 3.14. The van der Waals surface area contributed by atoms with Crippen molar-refractivity contribution < 1.29 is 0 Å². The van der Waals surface area contributed by atoms with E-state index in [9.17, 15) is 0 Å². The van der Waals surface area contributed by atoms with Crippen LogP contribution in [0.5, 0.6) is 0 Å². The molecule has 0 spiro atoms. The zero-order chi connectivity index (χ0) is 14.9. The molecule has 1 fully saturated rings. The topological polar surface area (TPSA) is 45.5 Å². The van der Waals surface area contributed by atoms with Crippen molar-refractivity contribution in [1.82, 2.24) is 19.9 Å². The van der Waals surface area contributed by atoms with E-state index >= 15 is 0 Å². The molecule has 0 aromatic carbocycles. The van der Waals surface area contributed by atoms with Crippen LogP contribution >= 0.6 is 0 Å². The molecule has 4 rings (SSSR count). The zero-order valence-corrected chi connectivity index (χ0v) is 12.6. The molecular weight excluding hydrogens is 274 g/mol. The van der Waals surface area contributed by atoms with Gasteiger partial charge in [-0.15, -0.1) is 0 Å². The highest BCUT2D eigenvalue weighted by Gasteiger charge is 2.17. The fraction of sp³-hybridized carbons (Fsp3) is 0.294. The SMILES string of the molecule is CC1CN(c2cccc(-c3cnn4ccccc34)n2)CCN1. The van der Waals surface area contributed by atoms with Gasteiger partial charge in [0.15, 0.2) is 0 Å². The van der Waals surface area contributed by atoms with E-state index in [1.54, 1.807) is 0 Å². The van der Waals surface area contributed by atoms with Gasteiger partial charge in [-0.2, -0.15) is 5.10 Å². The maximum atomic E-state index is 4.87. The summed E-state index contributed by atoms with van der Waals surface area (Å²) in [6, 6.07) is 12.8. The van der Waals surface area contributed by atoms with Gasteiger partial charge >= 0.3 is 0 Å². The van der Waals surface area contributed by atoms with Crippen molar-refractivity contribution in [1.29, 1.82) is 0 Å². The molecule has 0 saturated carbocycles. The average molecular weight is 293 g/mol. The Morgan fingerprint density at radius 3 is 3.05 bits per heavy atom. The van der Waals surface area contributed by atoms with Crippen molar-refractivity contribution in [2.24, 2.45) is 0 Å². The standard InChI is InChI=1S/C17H19N5/c1-13-12-21(10-8-18-13)17-7-4-5-15(20-17)14-11-19-22-9-3-2-6-16(14)22/h2-7,9,11,13,18H,8,10,12H2,1H3. The molecule has 3 aromatic rings. The Kier molecular flexibility index (Phi) is 3.27. The van der Waals surface area contributed by atoms with E-state index in [1.807, 2.05) is 29.0 Å². The van der Waals surface area contributed by atoms with Crippen LogP contribution in [0.1, 0.15) is 6.92 Å². The summed E-state index contributed by atoms with van der Waals surface area (Å²) in [7, 11) is 0. The highest BCUT2D eigenvalue weighted by atomic mass is 15.2. The van der Waals surface area contributed by atoms with Crippen LogP contribution in [-0.2, 0) is 0 Å². The van der Waals surface area contributed by atoms with Crippen LogP contribution in [0.2, 0.25) is 0 Å². The fourth-order valence-corrected chi connectivity index (χ4v) is 3.02. The Bertz CT molecular complexity index is 794. The van der Waals surface area contributed by atoms with Crippen LogP contribution in [0.15, 0.2) is 48.8 Å². The molecule has 22 heavy (non-hydrogen) atoms. The molecule has 5 nitrogen and oxygen atoms in total. The normalized spacial score (nSPS) is 18.8. The van der Waals surface area contributed by atoms with Gasteiger partial charge in [-0.1, -0.05) is 12.1 Å². The molecule has 0 amide bonds. The Morgan fingerprint density at radius 2 is 2.14 bits per heavy atom. The Hall–Kier alpha value is -2.40. The molecule has 0 aliphatic carbocycles. The summed E-state index contributed by atoms with van der Waals surface area (Å²) in [6.07, 6.45) is 3.85. The summed E-state index contributed by atoms with van der Waals surface area (Å²) in [4.78, 5) is 7.21. The van der Waals surface area contributed by atoms with Crippen LogP contribution in [0, 0.1) is 0 Å². The Morgan fingerprint density at radius 1 is 1.18 bits per heavy atom. The van der Waals surface area contributed by atoms with Gasteiger partial charge in [0.25, 0.3) is 0 Å². The third kappa shape index (κ3) is 2.33. The number of pyridine rings is 2. The Balaban J connectivity index is 1.72. The number of hydrogen-bond donors (Lipinski definition) is 1. The smallest absolute Gasteiger partial charge is 0.129 e. The highest BCUT2D eigenvalue weighted by molar-refractivity contribution is 5.78. The number of hydrogen-bond acceptors (Lipinski definition) is 4. The quantitative estimate of drug-likeness (QED) is 0.787. The lowest BCUT2D eigenvalue weighted by atomic mass is 10.1. The minimum absolute atomic E-state index is 0.496. The molecule has 3 aromatic heterocycles. The summed E-state index contributed by atoms with van der Waals surface area (Å²) >= 11 is 0. The van der Waals surface area contributed by atoms with Crippen LogP contribution in [0.4, 0.5) is 5.82 Å². The summed E-state index contributed by atoms with van der Waals surface area (Å²) < 4.78 is 1.89. The van der Waals surface area contributed by atoms with Gasteiger partial charge in [-0.3, -0.25) is 0 Å². The van der Waals surface area contributed by atoms with Crippen molar-refractivity contribution in [2.75, 3.05) is 24.5 Å². The molecule has 0 bridgehead atoms. The van der Waals surface area contributed by atoms with Crippen molar-refractivity contribution >= 4 is 11.3 Å². The van der Waals surface area contributed by atoms with Gasteiger partial charge in [0.05, 0.1) is 17.4 Å². The number of nitrogens with zero attached hydrogens (tertiary/aromatic N) is 4. The number of piperazine rings is 1. The van der Waals surface area contributed by atoms with Gasteiger partial charge in [0, 0.05) is 37.4 Å². The van der Waals surface area contributed by atoms with Crippen LogP contribution < -0.4 is 10.2 Å². The maximum Gasteiger partial charge on any atom is 0.129 e. The predicted molar refractivity (Wildman–Crippen MR) is 88.1 cm³/mol. The largest absolute Gasteiger partial charge is 0.354 e. The second-order valence-electron chi connectivity index (χ2n) is 5.77. The number of fused-ring (bicyclic) bond motifs is 1. The lowest BCUT2D eigenvalue weighted by Crippen LogP contribution is -2.49. The average Bonchev–Trinajstić information content (AvgIpc) is 2.99. The van der Waals surface area contributed by atoms with Crippen LogP contribution in [0.25, 0.3) is 16.8 Å². The molecule has 5 heteroatoms. The molecule has 1 aliphatic heterocycles. The van der Waals surface area contributed by atoms with Crippen molar-refractivity contribution in [3.8, 4) is 11.3 Å². The maximum absolute atomic E-state index is 4.87. The van der Waals surface area contributed by atoms with E-state index in [0.717, 1.165) is 42.2 Å². The van der Waals surface area contributed by atoms with E-state index in [1.165, 1.54) is 0 Å². The molecule has 1 atom stereocenters. The molecular formula is C17H19N5. The predicted octanol–water partition coefficient (Wildman–Crippen LogP) is 2.19. The molecule has 1 aliphatic rings. The van der Waals surface area contributed by atoms with Gasteiger partial charge < -0.3 is 10.2 Å². The molecule has 4 heterocycles. The first-order chi connectivity index (χ1) is 10.8. The molecule has 1 saturated heterocycles. The number of nitrogens with one attached hydrogen (secondary N) is 1. The lowest BCUT2D eigenvalue weighted by Gasteiger charge is -2.32. The second-order valence-corrected chi connectivity index (χ2v) is 5.77. The molecule has 112 valence electrons. The minimum Gasteiger partial charge on any atom is -0.354 e. The van der Waals surface area contributed by atoms with E-state index < -0.39 is 0 Å². The van der Waals surface area contributed by atoms with Crippen molar-refractivity contribution in [2.45, 2.75) is 13.0 Å². The van der Waals surface area contributed by atoms with E-state index in [-0.39, 0.29) is 0 Å². The van der Waals surface area contributed by atoms with Gasteiger partial charge in [0.1, 0.15) is 5.82 Å². The summed E-state index contributed by atoms with van der Waals surface area (Å²) in [6.45, 7) is 5.20. The first-order valence-corrected chi connectivity index (χ1v) is 7.69. The molecule has 0 radical (unpaired) electrons. The van der Waals surface area contributed by atoms with E-state index in [0.29, 0.717) is 6.04 Å². The van der Waals surface area contributed by atoms with Crippen LogP contribution in [0.3, 0.4) is 0 Å². The van der Waals surface area contributed by atoms with Crippen LogP contribution in [-0.4, -0.2) is 40.3 Å². The number of anilines is 1. The highest BCUT2D eigenvalue weighted by Crippen LogP contribution is 2.25. The van der Waals surface area contributed by atoms with Gasteiger partial charge in [-0.05, 0) is 31.2 Å². The third-order valence-corrected chi connectivity index (χ3v) is 4.13. The number of aromatic nitrogens is 3. The van der Waals surface area contributed by atoms with Gasteiger partial charge in [0.2, 0.25) is 0 Å². The summed E-state index contributed by atoms with van der Waals surface area (Å²) in [5, 5.41) is 7.87. The molecule has 1 N–H and O–H groups in total. The third-order valence-electron chi connectivity index (χ3n) is 4.13. The first kappa shape index (κ1) is 13.3. The fourth-order valence-electron chi connectivity index (χ4n) is 3.02. The zero-order valence-electron chi connectivity index (χ0n) is 12.6. The lowest BCUT2D eigenvalue weighted by molar-refractivity contribution is 0.482. The van der Waals surface area contributed by atoms with Crippen molar-refractivity contribution in [3.05, 3.63) is 48.8 Å².